The van der Waals surface area contributed by atoms with Crippen LogP contribution in [0.5, 0.6) is 5.88 Å². The summed E-state index contributed by atoms with van der Waals surface area (Å²) in [6.45, 7) is 5.37. The van der Waals surface area contributed by atoms with Crippen molar-refractivity contribution in [3.05, 3.63) is 83.3 Å². The number of para-hydroxylation sites is 1. The summed E-state index contributed by atoms with van der Waals surface area (Å²) in [6, 6.07) is 20.0. The Hall–Kier alpha value is -2.99. The lowest BCUT2D eigenvalue weighted by Gasteiger charge is -2.12. The highest BCUT2D eigenvalue weighted by Gasteiger charge is 2.05. The summed E-state index contributed by atoms with van der Waals surface area (Å²) in [5.41, 5.74) is 3.32. The van der Waals surface area contributed by atoms with Crippen molar-refractivity contribution >= 4 is 17.3 Å². The Morgan fingerprint density at radius 1 is 1.14 bits per heavy atom. The number of aromatic nitrogens is 2. The molecule has 0 atom stereocenters. The molecular weight excluding hydrogens is 368 g/mol. The molecule has 0 amide bonds. The van der Waals surface area contributed by atoms with Gasteiger partial charge in [0.25, 0.3) is 0 Å². The number of hydrogen-bond acceptors (Lipinski definition) is 3. The van der Waals surface area contributed by atoms with Gasteiger partial charge in [-0.2, -0.15) is 5.10 Å². The molecular formula is C22H24N4OS. The number of nitrogens with zero attached hydrogens (tertiary/aromatic N) is 3. The van der Waals surface area contributed by atoms with Crippen molar-refractivity contribution in [1.29, 1.82) is 0 Å². The van der Waals surface area contributed by atoms with Gasteiger partial charge >= 0.3 is 0 Å². The second-order valence-electron chi connectivity index (χ2n) is 6.40. The highest BCUT2D eigenvalue weighted by molar-refractivity contribution is 7.80. The van der Waals surface area contributed by atoms with Gasteiger partial charge in [0.15, 0.2) is 5.11 Å². The van der Waals surface area contributed by atoms with Crippen molar-refractivity contribution in [1.82, 2.24) is 15.1 Å². The summed E-state index contributed by atoms with van der Waals surface area (Å²) < 4.78 is 7.64. The summed E-state index contributed by atoms with van der Waals surface area (Å²) in [4.78, 5) is 4.46. The Labute approximate surface area is 170 Å². The molecule has 144 valence electrons. The first-order valence-electron chi connectivity index (χ1n) is 9.31. The van der Waals surface area contributed by atoms with Gasteiger partial charge in [0.1, 0.15) is 0 Å². The molecule has 6 heteroatoms. The first kappa shape index (κ1) is 19.8. The molecule has 0 aliphatic carbocycles. The van der Waals surface area contributed by atoms with Gasteiger partial charge in [0.2, 0.25) is 5.88 Å². The first-order chi connectivity index (χ1) is 13.7. The molecule has 0 unspecified atom stereocenters. The summed E-state index contributed by atoms with van der Waals surface area (Å²) in [5.74, 6) is 0.635. The number of rotatable bonds is 6. The minimum atomic E-state index is 0.418. The van der Waals surface area contributed by atoms with Crippen LogP contribution in [0.25, 0.3) is 5.69 Å². The fraction of sp³-hybridized carbons (Fsp3) is 0.227. The molecule has 0 aliphatic heterocycles. The summed E-state index contributed by atoms with van der Waals surface area (Å²) in [7, 11) is 0. The van der Waals surface area contributed by atoms with E-state index >= 15 is 0 Å². The van der Waals surface area contributed by atoms with E-state index in [1.54, 1.807) is 10.9 Å². The third-order valence-corrected chi connectivity index (χ3v) is 4.27. The summed E-state index contributed by atoms with van der Waals surface area (Å²) >= 11 is 5.36. The summed E-state index contributed by atoms with van der Waals surface area (Å²) in [6.07, 6.45) is 2.60. The molecule has 2 aromatic carbocycles. The zero-order chi connectivity index (χ0) is 19.8. The third-order valence-electron chi connectivity index (χ3n) is 4.04. The van der Waals surface area contributed by atoms with Gasteiger partial charge in [-0.15, -0.1) is 0 Å². The normalized spacial score (nSPS) is 11.3. The van der Waals surface area contributed by atoms with E-state index in [2.05, 4.69) is 53.5 Å². The fourth-order valence-electron chi connectivity index (χ4n) is 2.57. The van der Waals surface area contributed by atoms with Crippen LogP contribution in [0.15, 0.2) is 71.9 Å². The molecule has 0 spiro atoms. The standard InChI is InChI=1S/C22H24N4OS/c1-3-13-27-21-14-19(16-24-26(21)20-7-5-4-6-8-20)25-22(28)23-15-18-11-9-17(2)10-12-18/h4-12,14,16H,3,13,15H2,1-2H3,(H,23,28)/b25-19-. The van der Waals surface area contributed by atoms with Crippen molar-refractivity contribution in [2.75, 3.05) is 6.61 Å². The molecule has 0 saturated heterocycles. The van der Waals surface area contributed by atoms with Crippen LogP contribution in [0.1, 0.15) is 24.5 Å². The van der Waals surface area contributed by atoms with Gasteiger partial charge < -0.3 is 10.1 Å². The maximum Gasteiger partial charge on any atom is 0.217 e. The largest absolute Gasteiger partial charge is 0.478 e. The first-order valence-corrected chi connectivity index (χ1v) is 9.72. The van der Waals surface area contributed by atoms with Crippen LogP contribution < -0.4 is 15.4 Å². The lowest BCUT2D eigenvalue weighted by atomic mass is 10.1. The van der Waals surface area contributed by atoms with E-state index in [9.17, 15) is 0 Å². The Balaban J connectivity index is 1.78. The monoisotopic (exact) mass is 392 g/mol. The van der Waals surface area contributed by atoms with Gasteiger partial charge in [0, 0.05) is 12.6 Å². The van der Waals surface area contributed by atoms with Crippen LogP contribution in [-0.4, -0.2) is 21.5 Å². The van der Waals surface area contributed by atoms with Crippen LogP contribution in [0.3, 0.4) is 0 Å². The molecule has 0 aliphatic rings. The smallest absolute Gasteiger partial charge is 0.217 e. The quantitative estimate of drug-likeness (QED) is 0.646. The lowest BCUT2D eigenvalue weighted by molar-refractivity contribution is 0.291. The molecule has 1 N–H and O–H groups in total. The molecule has 3 aromatic rings. The molecule has 0 fully saturated rings. The predicted molar refractivity (Wildman–Crippen MR) is 116 cm³/mol. The number of nitrogens with one attached hydrogen (secondary N) is 1. The summed E-state index contributed by atoms with van der Waals surface area (Å²) in [5, 5.41) is 8.73. The average Bonchev–Trinajstić information content (AvgIpc) is 2.72. The Morgan fingerprint density at radius 3 is 2.61 bits per heavy atom. The van der Waals surface area contributed by atoms with Gasteiger partial charge in [0.05, 0.1) is 23.8 Å². The Kier molecular flexibility index (Phi) is 6.92. The molecule has 1 heterocycles. The maximum atomic E-state index is 5.88. The fourth-order valence-corrected chi connectivity index (χ4v) is 2.75. The van der Waals surface area contributed by atoms with Crippen molar-refractivity contribution in [3.63, 3.8) is 0 Å². The zero-order valence-corrected chi connectivity index (χ0v) is 16.9. The maximum absolute atomic E-state index is 5.88. The zero-order valence-electron chi connectivity index (χ0n) is 16.1. The topological polar surface area (TPSA) is 51.4 Å². The lowest BCUT2D eigenvalue weighted by Crippen LogP contribution is -2.22. The minimum Gasteiger partial charge on any atom is -0.478 e. The minimum absolute atomic E-state index is 0.418. The van der Waals surface area contributed by atoms with Crippen molar-refractivity contribution in [2.24, 2.45) is 4.99 Å². The Bertz CT molecular complexity index is 981. The number of aryl methyl sites for hydroxylation is 1. The van der Waals surface area contributed by atoms with E-state index in [4.69, 9.17) is 17.0 Å². The van der Waals surface area contributed by atoms with E-state index in [1.165, 1.54) is 5.56 Å². The van der Waals surface area contributed by atoms with E-state index in [1.807, 2.05) is 36.4 Å². The number of thiocarbonyl (C=S) groups is 1. The number of benzene rings is 2. The Morgan fingerprint density at radius 2 is 1.89 bits per heavy atom. The molecule has 0 radical (unpaired) electrons. The van der Waals surface area contributed by atoms with Crippen molar-refractivity contribution < 1.29 is 4.74 Å². The molecule has 0 saturated carbocycles. The molecule has 1 aromatic heterocycles. The van der Waals surface area contributed by atoms with E-state index < -0.39 is 0 Å². The molecule has 5 nitrogen and oxygen atoms in total. The highest BCUT2D eigenvalue weighted by Crippen LogP contribution is 2.14. The second-order valence-corrected chi connectivity index (χ2v) is 6.79. The van der Waals surface area contributed by atoms with E-state index in [-0.39, 0.29) is 0 Å². The average molecular weight is 393 g/mol. The second kappa shape index (κ2) is 9.80. The third kappa shape index (κ3) is 5.50. The van der Waals surface area contributed by atoms with Crippen LogP contribution in [-0.2, 0) is 6.54 Å². The van der Waals surface area contributed by atoms with Crippen LogP contribution >= 0.6 is 12.2 Å². The van der Waals surface area contributed by atoms with Crippen molar-refractivity contribution in [2.45, 2.75) is 26.8 Å². The van der Waals surface area contributed by atoms with Crippen LogP contribution in [0.4, 0.5) is 0 Å². The van der Waals surface area contributed by atoms with Crippen molar-refractivity contribution in [3.8, 4) is 11.6 Å². The van der Waals surface area contributed by atoms with Gasteiger partial charge in [-0.05, 0) is 43.3 Å². The molecule has 0 bridgehead atoms. The number of ether oxygens (including phenoxy) is 1. The van der Waals surface area contributed by atoms with Gasteiger partial charge in [-0.3, -0.25) is 0 Å². The molecule has 28 heavy (non-hydrogen) atoms. The van der Waals surface area contributed by atoms with Gasteiger partial charge in [-0.25, -0.2) is 9.67 Å². The van der Waals surface area contributed by atoms with Gasteiger partial charge in [-0.1, -0.05) is 55.0 Å². The number of hydrogen-bond donors (Lipinski definition) is 1. The van der Waals surface area contributed by atoms with E-state index in [0.29, 0.717) is 29.5 Å². The highest BCUT2D eigenvalue weighted by atomic mass is 32.1. The SMILES string of the molecule is CCCOc1c/c(=N/C(=S)NCc2ccc(C)cc2)cnn1-c1ccccc1. The predicted octanol–water partition coefficient (Wildman–Crippen LogP) is 3.94. The molecule has 3 rings (SSSR count). The van der Waals surface area contributed by atoms with E-state index in [0.717, 1.165) is 17.7 Å². The van der Waals surface area contributed by atoms with Crippen LogP contribution in [0, 0.1) is 6.92 Å². The van der Waals surface area contributed by atoms with Crippen LogP contribution in [0.2, 0.25) is 0 Å².